The average Bonchev–Trinajstić information content (AvgIpc) is 2.21. The van der Waals surface area contributed by atoms with E-state index in [-0.39, 0.29) is 5.97 Å². The van der Waals surface area contributed by atoms with Crippen molar-refractivity contribution >= 4 is 23.4 Å². The molecule has 1 aromatic rings. The van der Waals surface area contributed by atoms with Gasteiger partial charge >= 0.3 is 5.97 Å². The molecule has 0 heterocycles. The van der Waals surface area contributed by atoms with Crippen LogP contribution in [0.1, 0.15) is 5.56 Å². The zero-order valence-corrected chi connectivity index (χ0v) is 8.84. The van der Waals surface area contributed by atoms with Crippen LogP contribution in [0.2, 0.25) is 0 Å². The van der Waals surface area contributed by atoms with E-state index in [9.17, 15) is 4.79 Å². The molecule has 0 fully saturated rings. The number of esters is 1. The fourth-order valence-electron chi connectivity index (χ4n) is 0.925. The first kappa shape index (κ1) is 10.9. The Morgan fingerprint density at radius 3 is 2.64 bits per heavy atom. The van der Waals surface area contributed by atoms with Gasteiger partial charge in [-0.05, 0) is 17.7 Å². The standard InChI is InChI=1S/C10H13NO2S/c1-13-10(12)7-14-6-8-2-4-9(11)5-3-8/h2-5H,6-7,11H2,1H3. The van der Waals surface area contributed by atoms with Gasteiger partial charge in [-0.25, -0.2) is 0 Å². The monoisotopic (exact) mass is 211 g/mol. The van der Waals surface area contributed by atoms with Crippen LogP contribution in [0.4, 0.5) is 5.69 Å². The maximum absolute atomic E-state index is 10.8. The maximum Gasteiger partial charge on any atom is 0.315 e. The first-order valence-corrected chi connectivity index (χ1v) is 5.37. The van der Waals surface area contributed by atoms with E-state index in [1.807, 2.05) is 24.3 Å². The summed E-state index contributed by atoms with van der Waals surface area (Å²) in [6.45, 7) is 0. The molecule has 0 spiro atoms. The number of nitrogen functional groups attached to an aromatic ring is 1. The number of benzene rings is 1. The normalized spacial score (nSPS) is 9.79. The van der Waals surface area contributed by atoms with E-state index in [1.54, 1.807) is 0 Å². The zero-order chi connectivity index (χ0) is 10.4. The SMILES string of the molecule is COC(=O)CSCc1ccc(N)cc1. The highest BCUT2D eigenvalue weighted by Gasteiger charge is 2.00. The molecule has 0 atom stereocenters. The Morgan fingerprint density at radius 2 is 2.07 bits per heavy atom. The van der Waals surface area contributed by atoms with Crippen LogP contribution in [-0.4, -0.2) is 18.8 Å². The van der Waals surface area contributed by atoms with E-state index in [0.29, 0.717) is 5.75 Å². The lowest BCUT2D eigenvalue weighted by Crippen LogP contribution is -2.03. The molecule has 0 aliphatic carbocycles. The van der Waals surface area contributed by atoms with Gasteiger partial charge in [0.2, 0.25) is 0 Å². The Bertz CT molecular complexity index is 297. The van der Waals surface area contributed by atoms with Crippen LogP contribution in [-0.2, 0) is 15.3 Å². The van der Waals surface area contributed by atoms with E-state index < -0.39 is 0 Å². The van der Waals surface area contributed by atoms with Gasteiger partial charge in [-0.15, -0.1) is 11.8 Å². The average molecular weight is 211 g/mol. The van der Waals surface area contributed by atoms with Gasteiger partial charge in [0.05, 0.1) is 12.9 Å². The second-order valence-electron chi connectivity index (χ2n) is 2.81. The van der Waals surface area contributed by atoms with E-state index in [1.165, 1.54) is 18.9 Å². The predicted octanol–water partition coefficient (Wildman–Crippen LogP) is 1.67. The lowest BCUT2D eigenvalue weighted by atomic mass is 10.2. The number of methoxy groups -OCH3 is 1. The Morgan fingerprint density at radius 1 is 1.43 bits per heavy atom. The Hall–Kier alpha value is -1.16. The van der Waals surface area contributed by atoms with Crippen LogP contribution < -0.4 is 5.73 Å². The van der Waals surface area contributed by atoms with E-state index in [4.69, 9.17) is 5.73 Å². The number of nitrogens with two attached hydrogens (primary N) is 1. The van der Waals surface area contributed by atoms with Gasteiger partial charge in [0, 0.05) is 11.4 Å². The highest BCUT2D eigenvalue weighted by molar-refractivity contribution is 7.99. The number of hydrogen-bond donors (Lipinski definition) is 1. The van der Waals surface area contributed by atoms with Crippen molar-refractivity contribution in [3.63, 3.8) is 0 Å². The molecule has 76 valence electrons. The Balaban J connectivity index is 2.31. The number of thioether (sulfide) groups is 1. The van der Waals surface area contributed by atoms with Crippen LogP contribution in [0, 0.1) is 0 Å². The molecular weight excluding hydrogens is 198 g/mol. The second-order valence-corrected chi connectivity index (χ2v) is 3.80. The van der Waals surface area contributed by atoms with Gasteiger partial charge in [0.25, 0.3) is 0 Å². The van der Waals surface area contributed by atoms with Crippen molar-refractivity contribution in [1.29, 1.82) is 0 Å². The lowest BCUT2D eigenvalue weighted by Gasteiger charge is -2.01. The molecule has 0 bridgehead atoms. The summed E-state index contributed by atoms with van der Waals surface area (Å²) in [5.41, 5.74) is 7.46. The van der Waals surface area contributed by atoms with Gasteiger partial charge in [0.1, 0.15) is 0 Å². The van der Waals surface area contributed by atoms with Crippen molar-refractivity contribution in [3.05, 3.63) is 29.8 Å². The minimum absolute atomic E-state index is 0.189. The molecule has 3 nitrogen and oxygen atoms in total. The van der Waals surface area contributed by atoms with Gasteiger partial charge in [0.15, 0.2) is 0 Å². The molecule has 0 saturated carbocycles. The van der Waals surface area contributed by atoms with Crippen molar-refractivity contribution in [2.75, 3.05) is 18.6 Å². The molecule has 0 aliphatic rings. The summed E-state index contributed by atoms with van der Waals surface area (Å²) >= 11 is 1.53. The van der Waals surface area contributed by atoms with Crippen LogP contribution in [0.3, 0.4) is 0 Å². The van der Waals surface area contributed by atoms with Gasteiger partial charge in [-0.1, -0.05) is 12.1 Å². The van der Waals surface area contributed by atoms with Gasteiger partial charge in [-0.2, -0.15) is 0 Å². The number of carbonyl (C=O) groups is 1. The van der Waals surface area contributed by atoms with Crippen molar-refractivity contribution in [3.8, 4) is 0 Å². The smallest absolute Gasteiger partial charge is 0.315 e. The highest BCUT2D eigenvalue weighted by Crippen LogP contribution is 2.13. The summed E-state index contributed by atoms with van der Waals surface area (Å²) in [5, 5.41) is 0. The largest absolute Gasteiger partial charge is 0.468 e. The van der Waals surface area contributed by atoms with E-state index >= 15 is 0 Å². The summed E-state index contributed by atoms with van der Waals surface area (Å²) in [6, 6.07) is 7.63. The Labute approximate surface area is 87.6 Å². The van der Waals surface area contributed by atoms with Crippen LogP contribution in [0.25, 0.3) is 0 Å². The number of ether oxygens (including phenoxy) is 1. The third kappa shape index (κ3) is 3.70. The molecule has 0 unspecified atom stereocenters. The number of rotatable bonds is 4. The van der Waals surface area contributed by atoms with E-state index in [0.717, 1.165) is 17.0 Å². The number of hydrogen-bond acceptors (Lipinski definition) is 4. The van der Waals surface area contributed by atoms with E-state index in [2.05, 4.69) is 4.74 Å². The van der Waals surface area contributed by atoms with Crippen LogP contribution in [0.5, 0.6) is 0 Å². The molecule has 0 aromatic heterocycles. The molecule has 1 aromatic carbocycles. The van der Waals surface area contributed by atoms with Gasteiger partial charge in [-0.3, -0.25) is 4.79 Å². The van der Waals surface area contributed by atoms with Crippen LogP contribution >= 0.6 is 11.8 Å². The summed E-state index contributed by atoms with van der Waals surface area (Å²) in [7, 11) is 1.39. The summed E-state index contributed by atoms with van der Waals surface area (Å²) < 4.78 is 4.53. The molecule has 0 aliphatic heterocycles. The molecule has 2 N–H and O–H groups in total. The van der Waals surface area contributed by atoms with Gasteiger partial charge < -0.3 is 10.5 Å². The molecule has 0 radical (unpaired) electrons. The first-order valence-electron chi connectivity index (χ1n) is 4.21. The third-order valence-corrected chi connectivity index (χ3v) is 2.67. The lowest BCUT2D eigenvalue weighted by molar-refractivity contribution is -0.137. The van der Waals surface area contributed by atoms with Crippen molar-refractivity contribution < 1.29 is 9.53 Å². The van der Waals surface area contributed by atoms with Crippen molar-refractivity contribution in [2.24, 2.45) is 0 Å². The number of carbonyl (C=O) groups excluding carboxylic acids is 1. The van der Waals surface area contributed by atoms with Crippen molar-refractivity contribution in [1.82, 2.24) is 0 Å². The maximum atomic E-state index is 10.8. The summed E-state index contributed by atoms with van der Waals surface area (Å²) in [6.07, 6.45) is 0. The molecule has 0 saturated heterocycles. The second kappa shape index (κ2) is 5.54. The molecule has 1 rings (SSSR count). The zero-order valence-electron chi connectivity index (χ0n) is 8.03. The predicted molar refractivity (Wildman–Crippen MR) is 59.0 cm³/mol. The fraction of sp³-hybridized carbons (Fsp3) is 0.300. The summed E-state index contributed by atoms with van der Waals surface area (Å²) in [5.74, 6) is 1.00. The molecule has 4 heteroatoms. The summed E-state index contributed by atoms with van der Waals surface area (Å²) in [4.78, 5) is 10.8. The Kier molecular flexibility index (Phi) is 4.32. The molecular formula is C10H13NO2S. The topological polar surface area (TPSA) is 52.3 Å². The van der Waals surface area contributed by atoms with Crippen molar-refractivity contribution in [2.45, 2.75) is 5.75 Å². The highest BCUT2D eigenvalue weighted by atomic mass is 32.2. The molecule has 0 amide bonds. The number of anilines is 1. The third-order valence-electron chi connectivity index (χ3n) is 1.70. The quantitative estimate of drug-likeness (QED) is 0.608. The first-order chi connectivity index (χ1) is 6.72. The minimum atomic E-state index is -0.189. The minimum Gasteiger partial charge on any atom is -0.468 e. The fourth-order valence-corrected chi connectivity index (χ4v) is 1.74. The van der Waals surface area contributed by atoms with Crippen LogP contribution in [0.15, 0.2) is 24.3 Å². The molecule has 14 heavy (non-hydrogen) atoms.